The molecule has 0 aliphatic heterocycles. The molecular formula is C10H14ClF3O4S. The number of alkyl halides is 3. The lowest BCUT2D eigenvalue weighted by atomic mass is 9.82. The molecule has 0 aromatic heterocycles. The maximum absolute atomic E-state index is 12.3. The van der Waals surface area contributed by atoms with Gasteiger partial charge in [-0.2, -0.15) is 21.6 Å². The van der Waals surface area contributed by atoms with Crippen molar-refractivity contribution in [1.29, 1.82) is 0 Å². The molecule has 19 heavy (non-hydrogen) atoms. The van der Waals surface area contributed by atoms with Crippen molar-refractivity contribution in [2.75, 3.05) is 6.26 Å². The number of carbonyl (C=O) groups is 1. The van der Waals surface area contributed by atoms with Crippen LogP contribution in [-0.4, -0.2) is 32.7 Å². The third-order valence-electron chi connectivity index (χ3n) is 2.47. The summed E-state index contributed by atoms with van der Waals surface area (Å²) < 4.78 is 63.7. The Morgan fingerprint density at radius 1 is 1.32 bits per heavy atom. The summed E-state index contributed by atoms with van der Waals surface area (Å²) in [4.78, 5) is 11.4. The summed E-state index contributed by atoms with van der Waals surface area (Å²) in [5.74, 6) is -0.538. The minimum absolute atomic E-state index is 0.379. The van der Waals surface area contributed by atoms with Gasteiger partial charge < -0.3 is 0 Å². The van der Waals surface area contributed by atoms with Gasteiger partial charge in [-0.25, -0.2) is 0 Å². The number of Topliss-reactive ketones (excluding diaryl/α,β-unsaturated/α-hetero) is 1. The number of rotatable bonds is 5. The summed E-state index contributed by atoms with van der Waals surface area (Å²) >= 11 is 5.04. The van der Waals surface area contributed by atoms with Gasteiger partial charge in [-0.05, 0) is 13.0 Å². The van der Waals surface area contributed by atoms with Gasteiger partial charge in [0.05, 0.1) is 11.7 Å². The lowest BCUT2D eigenvalue weighted by molar-refractivity contribution is -0.128. The second kappa shape index (κ2) is 5.80. The van der Waals surface area contributed by atoms with Crippen LogP contribution in [0.15, 0.2) is 11.1 Å². The summed E-state index contributed by atoms with van der Waals surface area (Å²) in [7, 11) is -4.05. The van der Waals surface area contributed by atoms with Crippen LogP contribution >= 0.6 is 11.6 Å². The van der Waals surface area contributed by atoms with Crippen LogP contribution in [0.25, 0.3) is 0 Å². The van der Waals surface area contributed by atoms with E-state index in [2.05, 4.69) is 4.18 Å². The zero-order chi connectivity index (χ0) is 15.6. The number of ketones is 1. The Bertz CT molecular complexity index is 479. The van der Waals surface area contributed by atoms with Crippen LogP contribution in [-0.2, 0) is 19.1 Å². The van der Waals surface area contributed by atoms with Crippen molar-refractivity contribution >= 4 is 27.5 Å². The van der Waals surface area contributed by atoms with Gasteiger partial charge in [-0.1, -0.05) is 25.4 Å². The van der Waals surface area contributed by atoms with Crippen molar-refractivity contribution in [3.63, 3.8) is 0 Å². The molecule has 0 saturated carbocycles. The standard InChI is InChI=1S/C10H14ClF3O4S/c1-6(15)9(2,3)8(18-19(4,16)17)5-7(11)10(12,13)14/h5,8H,1-4H3/b7-5-. The van der Waals surface area contributed by atoms with E-state index >= 15 is 0 Å². The maximum Gasteiger partial charge on any atom is 0.426 e. The SMILES string of the molecule is CC(=O)C(C)(C)C(/C=C(\Cl)C(F)(F)F)OS(C)(=O)=O. The molecule has 112 valence electrons. The number of halogens is 4. The summed E-state index contributed by atoms with van der Waals surface area (Å²) in [5, 5.41) is -1.55. The number of hydrogen-bond acceptors (Lipinski definition) is 4. The lowest BCUT2D eigenvalue weighted by Crippen LogP contribution is -2.38. The Balaban J connectivity index is 5.63. The molecule has 0 N–H and O–H groups in total. The van der Waals surface area contributed by atoms with Crippen LogP contribution in [0, 0.1) is 5.41 Å². The van der Waals surface area contributed by atoms with Gasteiger partial charge in [0.1, 0.15) is 16.9 Å². The van der Waals surface area contributed by atoms with Crippen LogP contribution < -0.4 is 0 Å². The highest BCUT2D eigenvalue weighted by molar-refractivity contribution is 7.86. The van der Waals surface area contributed by atoms with Crippen molar-refractivity contribution in [3.05, 3.63) is 11.1 Å². The predicted octanol–water partition coefficient (Wildman–Crippen LogP) is 2.63. The minimum Gasteiger partial charge on any atom is -0.299 e. The van der Waals surface area contributed by atoms with E-state index in [9.17, 15) is 26.4 Å². The molecule has 0 saturated heterocycles. The van der Waals surface area contributed by atoms with Crippen molar-refractivity contribution in [2.24, 2.45) is 5.41 Å². The normalized spacial score (nSPS) is 16.3. The van der Waals surface area contributed by atoms with Gasteiger partial charge in [0.2, 0.25) is 0 Å². The second-order valence-corrected chi connectivity index (χ2v) is 6.52. The monoisotopic (exact) mass is 322 g/mol. The Morgan fingerprint density at radius 2 is 1.74 bits per heavy atom. The average Bonchev–Trinajstić information content (AvgIpc) is 2.12. The first-order valence-electron chi connectivity index (χ1n) is 5.01. The van der Waals surface area contributed by atoms with Gasteiger partial charge >= 0.3 is 6.18 Å². The quantitative estimate of drug-likeness (QED) is 0.730. The molecule has 0 heterocycles. The van der Waals surface area contributed by atoms with Crippen LogP contribution in [0.1, 0.15) is 20.8 Å². The molecule has 4 nitrogen and oxygen atoms in total. The summed E-state index contributed by atoms with van der Waals surface area (Å²) in [6.07, 6.45) is -5.43. The molecule has 0 radical (unpaired) electrons. The predicted molar refractivity (Wildman–Crippen MR) is 64.2 cm³/mol. The average molecular weight is 323 g/mol. The molecule has 0 rings (SSSR count). The highest BCUT2D eigenvalue weighted by Gasteiger charge is 2.40. The van der Waals surface area contributed by atoms with Gasteiger partial charge in [0.25, 0.3) is 10.1 Å². The van der Waals surface area contributed by atoms with Crippen LogP contribution in [0.5, 0.6) is 0 Å². The first kappa shape index (κ1) is 18.4. The van der Waals surface area contributed by atoms with E-state index in [1.54, 1.807) is 0 Å². The van der Waals surface area contributed by atoms with E-state index in [0.717, 1.165) is 6.92 Å². The largest absolute Gasteiger partial charge is 0.426 e. The Morgan fingerprint density at radius 3 is 2.00 bits per heavy atom. The summed E-state index contributed by atoms with van der Waals surface area (Å²) in [5.41, 5.74) is -1.48. The van der Waals surface area contributed by atoms with E-state index in [1.165, 1.54) is 13.8 Å². The van der Waals surface area contributed by atoms with E-state index in [-0.39, 0.29) is 0 Å². The zero-order valence-electron chi connectivity index (χ0n) is 10.7. The van der Waals surface area contributed by atoms with Crippen molar-refractivity contribution in [2.45, 2.75) is 33.1 Å². The molecule has 0 aliphatic rings. The number of allylic oxidation sites excluding steroid dienone is 1. The number of hydrogen-bond donors (Lipinski definition) is 0. The first-order chi connectivity index (χ1) is 8.18. The van der Waals surface area contributed by atoms with Crippen LogP contribution in [0.4, 0.5) is 13.2 Å². The molecule has 1 atom stereocenters. The highest BCUT2D eigenvalue weighted by Crippen LogP contribution is 2.34. The lowest BCUT2D eigenvalue weighted by Gasteiger charge is -2.29. The molecule has 9 heteroatoms. The van der Waals surface area contributed by atoms with Crippen molar-refractivity contribution in [3.8, 4) is 0 Å². The number of carbonyl (C=O) groups excluding carboxylic acids is 1. The fraction of sp³-hybridized carbons (Fsp3) is 0.700. The molecule has 0 amide bonds. The van der Waals surface area contributed by atoms with Gasteiger partial charge in [0.15, 0.2) is 0 Å². The van der Waals surface area contributed by atoms with Crippen LogP contribution in [0.2, 0.25) is 0 Å². The molecule has 1 unspecified atom stereocenters. The molecular weight excluding hydrogens is 309 g/mol. The molecule has 0 spiro atoms. The van der Waals surface area contributed by atoms with E-state index < -0.39 is 38.6 Å². The van der Waals surface area contributed by atoms with E-state index in [1.807, 2.05) is 0 Å². The smallest absolute Gasteiger partial charge is 0.299 e. The fourth-order valence-electron chi connectivity index (χ4n) is 0.972. The Labute approximate surface area is 114 Å². The summed E-state index contributed by atoms with van der Waals surface area (Å²) in [6.45, 7) is 3.65. The third kappa shape index (κ3) is 5.92. The zero-order valence-corrected chi connectivity index (χ0v) is 12.3. The summed E-state index contributed by atoms with van der Waals surface area (Å²) in [6, 6.07) is 0. The topological polar surface area (TPSA) is 60.4 Å². The first-order valence-corrected chi connectivity index (χ1v) is 7.21. The maximum atomic E-state index is 12.3. The van der Waals surface area contributed by atoms with Gasteiger partial charge in [0, 0.05) is 0 Å². The van der Waals surface area contributed by atoms with Gasteiger partial charge in [-0.3, -0.25) is 8.98 Å². The third-order valence-corrected chi connectivity index (χ3v) is 3.36. The van der Waals surface area contributed by atoms with Crippen molar-refractivity contribution in [1.82, 2.24) is 0 Å². The molecule has 0 aliphatic carbocycles. The molecule has 0 bridgehead atoms. The van der Waals surface area contributed by atoms with E-state index in [0.29, 0.717) is 12.3 Å². The van der Waals surface area contributed by atoms with E-state index in [4.69, 9.17) is 11.6 Å². The van der Waals surface area contributed by atoms with Gasteiger partial charge in [-0.15, -0.1) is 0 Å². The molecule has 0 aromatic rings. The Kier molecular flexibility index (Phi) is 5.62. The Hall–Kier alpha value is -0.600. The van der Waals surface area contributed by atoms with Crippen LogP contribution in [0.3, 0.4) is 0 Å². The van der Waals surface area contributed by atoms with Crippen molar-refractivity contribution < 1.29 is 30.6 Å². The second-order valence-electron chi connectivity index (χ2n) is 4.51. The highest BCUT2D eigenvalue weighted by atomic mass is 35.5. The molecule has 0 aromatic carbocycles. The minimum atomic E-state index is -4.84. The fourth-order valence-corrected chi connectivity index (χ4v) is 1.76. The molecule has 0 fully saturated rings.